The van der Waals surface area contributed by atoms with Gasteiger partial charge in [0.25, 0.3) is 0 Å². The van der Waals surface area contributed by atoms with E-state index in [2.05, 4.69) is 58.8 Å². The second kappa shape index (κ2) is 7.65. The summed E-state index contributed by atoms with van der Waals surface area (Å²) < 4.78 is 5.74. The van der Waals surface area contributed by atoms with Gasteiger partial charge in [0.2, 0.25) is 0 Å². The summed E-state index contributed by atoms with van der Waals surface area (Å²) in [5, 5.41) is 9.52. The lowest BCUT2D eigenvalue weighted by atomic mass is 9.88. The molecule has 0 aliphatic rings. The quantitative estimate of drug-likeness (QED) is 0.831. The molecule has 0 saturated carbocycles. The van der Waals surface area contributed by atoms with Crippen molar-refractivity contribution < 1.29 is 9.84 Å². The first-order valence-electron chi connectivity index (χ1n) is 7.43. The molecule has 1 aromatic rings. The average Bonchev–Trinajstić information content (AvgIpc) is 2.39. The summed E-state index contributed by atoms with van der Waals surface area (Å²) in [4.78, 5) is 2.18. The standard InChI is InChI=1S/C17H29NO2/c1-7-8-20-15-9-12(2)16(13(3)10-15)17(18(5)6)14(4)11-19/h9-10,14,17,19H,7-8,11H2,1-6H3. The van der Waals surface area contributed by atoms with E-state index >= 15 is 0 Å². The molecule has 2 unspecified atom stereocenters. The largest absolute Gasteiger partial charge is 0.494 e. The lowest BCUT2D eigenvalue weighted by Crippen LogP contribution is -2.29. The number of ether oxygens (including phenoxy) is 1. The molecule has 3 heteroatoms. The predicted octanol–water partition coefficient (Wildman–Crippen LogP) is 3.32. The van der Waals surface area contributed by atoms with Gasteiger partial charge in [-0.25, -0.2) is 0 Å². The van der Waals surface area contributed by atoms with Crippen molar-refractivity contribution in [3.05, 3.63) is 28.8 Å². The van der Waals surface area contributed by atoms with Crippen LogP contribution in [-0.4, -0.2) is 37.3 Å². The molecule has 0 spiro atoms. The molecular weight excluding hydrogens is 250 g/mol. The van der Waals surface area contributed by atoms with Gasteiger partial charge in [0.1, 0.15) is 5.75 Å². The van der Waals surface area contributed by atoms with Crippen molar-refractivity contribution >= 4 is 0 Å². The highest BCUT2D eigenvalue weighted by Gasteiger charge is 2.24. The zero-order valence-corrected chi connectivity index (χ0v) is 13.7. The molecule has 1 rings (SSSR count). The van der Waals surface area contributed by atoms with Crippen LogP contribution in [0.5, 0.6) is 5.75 Å². The highest BCUT2D eigenvalue weighted by atomic mass is 16.5. The van der Waals surface area contributed by atoms with Crippen molar-refractivity contribution in [2.75, 3.05) is 27.3 Å². The molecule has 0 aliphatic heterocycles. The van der Waals surface area contributed by atoms with Gasteiger partial charge in [-0.1, -0.05) is 13.8 Å². The number of hydrogen-bond donors (Lipinski definition) is 1. The van der Waals surface area contributed by atoms with Crippen molar-refractivity contribution in [3.63, 3.8) is 0 Å². The number of rotatable bonds is 7. The molecule has 20 heavy (non-hydrogen) atoms. The molecular formula is C17H29NO2. The van der Waals surface area contributed by atoms with Crippen molar-refractivity contribution in [3.8, 4) is 5.75 Å². The van der Waals surface area contributed by atoms with Gasteiger partial charge < -0.3 is 14.7 Å². The maximum atomic E-state index is 9.52. The fourth-order valence-electron chi connectivity index (χ4n) is 2.86. The van der Waals surface area contributed by atoms with Crippen molar-refractivity contribution in [2.45, 2.75) is 40.2 Å². The summed E-state index contributed by atoms with van der Waals surface area (Å²) in [6.45, 7) is 9.39. The van der Waals surface area contributed by atoms with Crippen LogP contribution in [0.15, 0.2) is 12.1 Å². The zero-order valence-electron chi connectivity index (χ0n) is 13.7. The van der Waals surface area contributed by atoms with Crippen LogP contribution in [0, 0.1) is 19.8 Å². The summed E-state index contributed by atoms with van der Waals surface area (Å²) in [5.74, 6) is 1.14. The van der Waals surface area contributed by atoms with E-state index < -0.39 is 0 Å². The first-order chi connectivity index (χ1) is 9.42. The third kappa shape index (κ3) is 3.97. The minimum atomic E-state index is 0.190. The molecule has 0 radical (unpaired) electrons. The fourth-order valence-corrected chi connectivity index (χ4v) is 2.86. The Kier molecular flexibility index (Phi) is 6.50. The minimum Gasteiger partial charge on any atom is -0.494 e. The summed E-state index contributed by atoms with van der Waals surface area (Å²) in [7, 11) is 4.13. The Morgan fingerprint density at radius 1 is 1.20 bits per heavy atom. The molecule has 2 atom stereocenters. The maximum absolute atomic E-state index is 9.52. The molecule has 0 aromatic heterocycles. The van der Waals surface area contributed by atoms with E-state index in [1.807, 2.05) is 0 Å². The average molecular weight is 279 g/mol. The molecule has 0 bridgehead atoms. The topological polar surface area (TPSA) is 32.7 Å². The lowest BCUT2D eigenvalue weighted by Gasteiger charge is -2.32. The van der Waals surface area contributed by atoms with E-state index in [4.69, 9.17) is 4.74 Å². The third-order valence-electron chi connectivity index (χ3n) is 3.72. The summed E-state index contributed by atoms with van der Waals surface area (Å²) in [5.41, 5.74) is 3.77. The van der Waals surface area contributed by atoms with E-state index in [1.54, 1.807) is 0 Å². The van der Waals surface area contributed by atoms with Crippen molar-refractivity contribution in [1.29, 1.82) is 0 Å². The molecule has 1 aromatic carbocycles. The van der Waals surface area contributed by atoms with Crippen molar-refractivity contribution in [1.82, 2.24) is 4.90 Å². The lowest BCUT2D eigenvalue weighted by molar-refractivity contribution is 0.145. The molecule has 3 nitrogen and oxygen atoms in total. The van der Waals surface area contributed by atoms with Gasteiger partial charge in [-0.3, -0.25) is 0 Å². The van der Waals surface area contributed by atoms with Gasteiger partial charge in [-0.2, -0.15) is 0 Å². The van der Waals surface area contributed by atoms with Gasteiger partial charge in [-0.15, -0.1) is 0 Å². The van der Waals surface area contributed by atoms with E-state index in [1.165, 1.54) is 16.7 Å². The smallest absolute Gasteiger partial charge is 0.119 e. The van der Waals surface area contributed by atoms with Gasteiger partial charge in [-0.05, 0) is 69.1 Å². The Labute approximate surface area is 123 Å². The summed E-state index contributed by atoms with van der Waals surface area (Å²) in [6.07, 6.45) is 1.02. The number of aliphatic hydroxyl groups is 1. The zero-order chi connectivity index (χ0) is 15.3. The minimum absolute atomic E-state index is 0.190. The van der Waals surface area contributed by atoms with Gasteiger partial charge in [0.05, 0.1) is 6.61 Å². The molecule has 0 fully saturated rings. The number of aryl methyl sites for hydroxylation is 2. The van der Waals surface area contributed by atoms with Crippen LogP contribution in [-0.2, 0) is 0 Å². The fraction of sp³-hybridized carbons (Fsp3) is 0.647. The number of nitrogens with zero attached hydrogens (tertiary/aromatic N) is 1. The van der Waals surface area contributed by atoms with E-state index in [0.717, 1.165) is 18.8 Å². The SMILES string of the molecule is CCCOc1cc(C)c(C(C(C)CO)N(C)C)c(C)c1. The van der Waals surface area contributed by atoms with Crippen LogP contribution >= 0.6 is 0 Å². The second-order valence-corrected chi connectivity index (χ2v) is 5.89. The van der Waals surface area contributed by atoms with Gasteiger partial charge >= 0.3 is 0 Å². The number of aliphatic hydroxyl groups excluding tert-OH is 1. The molecule has 0 amide bonds. The van der Waals surface area contributed by atoms with Crippen LogP contribution < -0.4 is 4.74 Å². The van der Waals surface area contributed by atoms with Crippen LogP contribution in [0.3, 0.4) is 0 Å². The van der Waals surface area contributed by atoms with Crippen LogP contribution in [0.1, 0.15) is 43.0 Å². The van der Waals surface area contributed by atoms with E-state index in [0.29, 0.717) is 0 Å². The van der Waals surface area contributed by atoms with Crippen LogP contribution in [0.2, 0.25) is 0 Å². The molecule has 0 saturated heterocycles. The highest BCUT2D eigenvalue weighted by molar-refractivity contribution is 5.43. The third-order valence-corrected chi connectivity index (χ3v) is 3.72. The first-order valence-corrected chi connectivity index (χ1v) is 7.43. The second-order valence-electron chi connectivity index (χ2n) is 5.89. The molecule has 114 valence electrons. The van der Waals surface area contributed by atoms with E-state index in [9.17, 15) is 5.11 Å². The van der Waals surface area contributed by atoms with Crippen LogP contribution in [0.25, 0.3) is 0 Å². The maximum Gasteiger partial charge on any atom is 0.119 e. The van der Waals surface area contributed by atoms with E-state index in [-0.39, 0.29) is 18.6 Å². The Morgan fingerprint density at radius 3 is 2.15 bits per heavy atom. The molecule has 0 heterocycles. The Balaban J connectivity index is 3.16. The Bertz CT molecular complexity index is 406. The normalized spacial score (nSPS) is 14.4. The molecule has 0 aliphatic carbocycles. The van der Waals surface area contributed by atoms with Gasteiger partial charge in [0.15, 0.2) is 0 Å². The predicted molar refractivity (Wildman–Crippen MR) is 84.4 cm³/mol. The number of benzene rings is 1. The van der Waals surface area contributed by atoms with Crippen molar-refractivity contribution in [2.24, 2.45) is 5.92 Å². The Morgan fingerprint density at radius 2 is 1.75 bits per heavy atom. The Hall–Kier alpha value is -1.06. The van der Waals surface area contributed by atoms with Gasteiger partial charge in [0, 0.05) is 12.6 Å². The molecule has 1 N–H and O–H groups in total. The monoisotopic (exact) mass is 279 g/mol. The summed E-state index contributed by atoms with van der Waals surface area (Å²) in [6, 6.07) is 4.44. The first kappa shape index (κ1) is 17.0. The van der Waals surface area contributed by atoms with Crippen LogP contribution in [0.4, 0.5) is 0 Å². The summed E-state index contributed by atoms with van der Waals surface area (Å²) >= 11 is 0. The number of hydrogen-bond acceptors (Lipinski definition) is 3. The highest BCUT2D eigenvalue weighted by Crippen LogP contribution is 2.34.